The number of rotatable bonds is 6. The van der Waals surface area contributed by atoms with Crippen LogP contribution < -0.4 is 5.32 Å². The monoisotopic (exact) mass is 367 g/mol. The van der Waals surface area contributed by atoms with Crippen LogP contribution in [0.4, 0.5) is 0 Å². The summed E-state index contributed by atoms with van der Waals surface area (Å²) in [6.07, 6.45) is 3.06. The normalized spacial score (nSPS) is 10.7. The van der Waals surface area contributed by atoms with E-state index in [0.717, 1.165) is 22.4 Å². The number of nitrogens with zero attached hydrogens (tertiary/aromatic N) is 2. The molecule has 0 fully saturated rings. The van der Waals surface area contributed by atoms with Crippen molar-refractivity contribution in [1.82, 2.24) is 15.1 Å². The number of hydrogen-bond donors (Lipinski definition) is 1. The Labute approximate surface area is 158 Å². The quantitative estimate of drug-likeness (QED) is 0.706. The summed E-state index contributed by atoms with van der Waals surface area (Å²) in [5.41, 5.74) is 5.30. The molecule has 0 atom stereocenters. The maximum absolute atomic E-state index is 12.2. The number of aryl methyl sites for hydroxylation is 3. The number of amides is 1. The largest absolute Gasteiger partial charge is 0.352 e. The zero-order valence-corrected chi connectivity index (χ0v) is 15.8. The highest BCUT2D eigenvalue weighted by atomic mass is 35.5. The standard InChI is InChI=1S/C21H22ClN3O/c1-15-6-8-17(9-7-15)21-18(14-25(2)24-21)10-11-20(26)23-13-16-4-3-5-19(22)12-16/h3-9,12,14H,10-11,13H2,1-2H3,(H,23,26). The smallest absolute Gasteiger partial charge is 0.220 e. The third-order valence-corrected chi connectivity index (χ3v) is 4.46. The number of carbonyl (C=O) groups is 1. The van der Waals surface area contributed by atoms with E-state index in [2.05, 4.69) is 41.6 Å². The van der Waals surface area contributed by atoms with Crippen LogP contribution in [-0.2, 0) is 24.8 Å². The van der Waals surface area contributed by atoms with Gasteiger partial charge in [-0.05, 0) is 36.6 Å². The fraction of sp³-hybridized carbons (Fsp3) is 0.238. The van der Waals surface area contributed by atoms with Crippen LogP contribution in [0.25, 0.3) is 11.3 Å². The second-order valence-electron chi connectivity index (χ2n) is 6.45. The number of halogens is 1. The van der Waals surface area contributed by atoms with Gasteiger partial charge in [0.25, 0.3) is 0 Å². The van der Waals surface area contributed by atoms with Crippen molar-refractivity contribution < 1.29 is 4.79 Å². The molecule has 0 aliphatic rings. The molecule has 1 aromatic heterocycles. The van der Waals surface area contributed by atoms with Gasteiger partial charge in [-0.3, -0.25) is 9.48 Å². The first-order chi connectivity index (χ1) is 12.5. The SMILES string of the molecule is Cc1ccc(-c2nn(C)cc2CCC(=O)NCc2cccc(Cl)c2)cc1. The minimum atomic E-state index is 0.0173. The van der Waals surface area contributed by atoms with E-state index in [0.29, 0.717) is 24.4 Å². The molecule has 0 aliphatic heterocycles. The minimum absolute atomic E-state index is 0.0173. The van der Waals surface area contributed by atoms with Crippen LogP contribution in [0.2, 0.25) is 5.02 Å². The van der Waals surface area contributed by atoms with E-state index in [-0.39, 0.29) is 5.91 Å². The van der Waals surface area contributed by atoms with Crippen LogP contribution in [0, 0.1) is 6.92 Å². The fourth-order valence-corrected chi connectivity index (χ4v) is 3.07. The van der Waals surface area contributed by atoms with Crippen molar-refractivity contribution in [3.05, 3.63) is 76.4 Å². The van der Waals surface area contributed by atoms with Gasteiger partial charge in [-0.25, -0.2) is 0 Å². The van der Waals surface area contributed by atoms with Gasteiger partial charge in [0.15, 0.2) is 0 Å². The van der Waals surface area contributed by atoms with Crippen LogP contribution in [0.1, 0.15) is 23.1 Å². The molecule has 0 radical (unpaired) electrons. The van der Waals surface area contributed by atoms with Crippen LogP contribution in [0.5, 0.6) is 0 Å². The third kappa shape index (κ3) is 4.73. The molecule has 2 aromatic carbocycles. The molecule has 0 spiro atoms. The van der Waals surface area contributed by atoms with Gasteiger partial charge in [-0.1, -0.05) is 53.6 Å². The zero-order valence-electron chi connectivity index (χ0n) is 15.0. The van der Waals surface area contributed by atoms with Crippen molar-refractivity contribution in [3.8, 4) is 11.3 Å². The molecule has 0 saturated heterocycles. The van der Waals surface area contributed by atoms with E-state index in [4.69, 9.17) is 11.6 Å². The molecule has 1 N–H and O–H groups in total. The number of hydrogen-bond acceptors (Lipinski definition) is 2. The highest BCUT2D eigenvalue weighted by molar-refractivity contribution is 6.30. The van der Waals surface area contributed by atoms with E-state index in [1.54, 1.807) is 4.68 Å². The molecular formula is C21H22ClN3O. The molecule has 0 unspecified atom stereocenters. The Hall–Kier alpha value is -2.59. The number of carbonyl (C=O) groups excluding carboxylic acids is 1. The summed E-state index contributed by atoms with van der Waals surface area (Å²) in [4.78, 5) is 12.2. The molecule has 1 heterocycles. The second-order valence-corrected chi connectivity index (χ2v) is 6.89. The Morgan fingerprint density at radius 1 is 1.19 bits per heavy atom. The lowest BCUT2D eigenvalue weighted by Crippen LogP contribution is -2.23. The molecule has 3 rings (SSSR count). The van der Waals surface area contributed by atoms with E-state index >= 15 is 0 Å². The van der Waals surface area contributed by atoms with Gasteiger partial charge in [0.05, 0.1) is 5.69 Å². The molecule has 134 valence electrons. The lowest BCUT2D eigenvalue weighted by molar-refractivity contribution is -0.121. The van der Waals surface area contributed by atoms with Crippen LogP contribution >= 0.6 is 11.6 Å². The van der Waals surface area contributed by atoms with Gasteiger partial charge in [-0.15, -0.1) is 0 Å². The Morgan fingerprint density at radius 2 is 1.96 bits per heavy atom. The van der Waals surface area contributed by atoms with Gasteiger partial charge >= 0.3 is 0 Å². The molecule has 4 nitrogen and oxygen atoms in total. The summed E-state index contributed by atoms with van der Waals surface area (Å²) >= 11 is 5.97. The maximum atomic E-state index is 12.2. The molecule has 0 saturated carbocycles. The maximum Gasteiger partial charge on any atom is 0.220 e. The minimum Gasteiger partial charge on any atom is -0.352 e. The molecule has 1 amide bonds. The van der Waals surface area contributed by atoms with Crippen molar-refractivity contribution >= 4 is 17.5 Å². The van der Waals surface area contributed by atoms with Crippen molar-refractivity contribution in [2.75, 3.05) is 0 Å². The first-order valence-electron chi connectivity index (χ1n) is 8.62. The molecule has 0 aliphatic carbocycles. The van der Waals surface area contributed by atoms with Crippen LogP contribution in [0.3, 0.4) is 0 Å². The Balaban J connectivity index is 1.61. The average Bonchev–Trinajstić information content (AvgIpc) is 2.99. The van der Waals surface area contributed by atoms with Crippen molar-refractivity contribution in [2.24, 2.45) is 7.05 Å². The summed E-state index contributed by atoms with van der Waals surface area (Å²) in [7, 11) is 1.90. The summed E-state index contributed by atoms with van der Waals surface area (Å²) in [6.45, 7) is 2.55. The first kappa shape index (κ1) is 18.2. The number of nitrogens with one attached hydrogen (secondary N) is 1. The van der Waals surface area contributed by atoms with E-state index < -0.39 is 0 Å². The van der Waals surface area contributed by atoms with Gasteiger partial charge in [0, 0.05) is 36.8 Å². The zero-order chi connectivity index (χ0) is 18.5. The Morgan fingerprint density at radius 3 is 2.69 bits per heavy atom. The number of aromatic nitrogens is 2. The summed E-state index contributed by atoms with van der Waals surface area (Å²) < 4.78 is 1.80. The van der Waals surface area contributed by atoms with Crippen molar-refractivity contribution in [2.45, 2.75) is 26.3 Å². The average molecular weight is 368 g/mol. The lowest BCUT2D eigenvalue weighted by Gasteiger charge is -2.06. The predicted octanol–water partition coefficient (Wildman–Crippen LogP) is 4.30. The Kier molecular flexibility index (Phi) is 5.74. The van der Waals surface area contributed by atoms with Crippen molar-refractivity contribution in [3.63, 3.8) is 0 Å². The predicted molar refractivity (Wildman–Crippen MR) is 105 cm³/mol. The molecule has 5 heteroatoms. The Bertz CT molecular complexity index is 900. The molecule has 0 bridgehead atoms. The van der Waals surface area contributed by atoms with Gasteiger partial charge in [0.2, 0.25) is 5.91 Å². The van der Waals surface area contributed by atoms with E-state index in [1.165, 1.54) is 5.56 Å². The topological polar surface area (TPSA) is 46.9 Å². The molecular weight excluding hydrogens is 346 g/mol. The van der Waals surface area contributed by atoms with Crippen molar-refractivity contribution in [1.29, 1.82) is 0 Å². The summed E-state index contributed by atoms with van der Waals surface area (Å²) in [6, 6.07) is 15.8. The van der Waals surface area contributed by atoms with Crippen LogP contribution in [0.15, 0.2) is 54.7 Å². The van der Waals surface area contributed by atoms with E-state index in [9.17, 15) is 4.79 Å². The molecule has 26 heavy (non-hydrogen) atoms. The lowest BCUT2D eigenvalue weighted by atomic mass is 10.0. The fourth-order valence-electron chi connectivity index (χ4n) is 2.86. The number of benzene rings is 2. The first-order valence-corrected chi connectivity index (χ1v) is 9.00. The van der Waals surface area contributed by atoms with Gasteiger partial charge in [-0.2, -0.15) is 5.10 Å². The third-order valence-electron chi connectivity index (χ3n) is 4.23. The highest BCUT2D eigenvalue weighted by Gasteiger charge is 2.12. The van der Waals surface area contributed by atoms with Crippen LogP contribution in [-0.4, -0.2) is 15.7 Å². The second kappa shape index (κ2) is 8.19. The van der Waals surface area contributed by atoms with Gasteiger partial charge < -0.3 is 5.32 Å². The summed E-state index contributed by atoms with van der Waals surface area (Å²) in [5, 5.41) is 8.18. The molecule has 3 aromatic rings. The van der Waals surface area contributed by atoms with E-state index in [1.807, 2.05) is 37.5 Å². The van der Waals surface area contributed by atoms with Gasteiger partial charge in [0.1, 0.15) is 0 Å². The summed E-state index contributed by atoms with van der Waals surface area (Å²) in [5.74, 6) is 0.0173. The highest BCUT2D eigenvalue weighted by Crippen LogP contribution is 2.23.